The van der Waals surface area contributed by atoms with Crippen molar-refractivity contribution in [1.29, 1.82) is 0 Å². The van der Waals surface area contributed by atoms with Gasteiger partial charge in [0.25, 0.3) is 6.43 Å². The van der Waals surface area contributed by atoms with Crippen molar-refractivity contribution in [3.63, 3.8) is 0 Å². The largest absolute Gasteiger partial charge is 0.308 e. The maximum absolute atomic E-state index is 11.7. The van der Waals surface area contributed by atoms with Crippen molar-refractivity contribution in [2.24, 2.45) is 5.41 Å². The lowest BCUT2D eigenvalue weighted by Gasteiger charge is -2.45. The number of rotatable bonds is 3. The Hall–Kier alpha value is -0.180. The van der Waals surface area contributed by atoms with E-state index in [0.717, 1.165) is 12.8 Å². The summed E-state index contributed by atoms with van der Waals surface area (Å²) < 4.78 is 23.5. The van der Waals surface area contributed by atoms with E-state index in [-0.39, 0.29) is 12.0 Å². The van der Waals surface area contributed by atoms with Crippen LogP contribution in [0, 0.1) is 5.41 Å². The van der Waals surface area contributed by atoms with E-state index in [1.165, 1.54) is 0 Å². The minimum atomic E-state index is -2.22. The van der Waals surface area contributed by atoms with Crippen LogP contribution in [-0.2, 0) is 0 Å². The second-order valence-corrected chi connectivity index (χ2v) is 3.88. The van der Waals surface area contributed by atoms with Crippen LogP contribution in [0.3, 0.4) is 0 Å². The summed E-state index contributed by atoms with van der Waals surface area (Å²) in [5, 5.41) is 2.86. The van der Waals surface area contributed by atoms with E-state index in [2.05, 4.69) is 19.2 Å². The number of alkyl halides is 2. The van der Waals surface area contributed by atoms with Gasteiger partial charge in [0.05, 0.1) is 6.54 Å². The van der Waals surface area contributed by atoms with Crippen molar-refractivity contribution in [2.75, 3.05) is 6.54 Å². The molecule has 1 rings (SSSR count). The van der Waals surface area contributed by atoms with E-state index in [1.807, 2.05) is 0 Å². The normalized spacial score (nSPS) is 28.6. The first-order chi connectivity index (χ1) is 5.02. The molecule has 1 fully saturated rings. The van der Waals surface area contributed by atoms with E-state index in [9.17, 15) is 8.78 Å². The van der Waals surface area contributed by atoms with Gasteiger partial charge in [-0.3, -0.25) is 0 Å². The standard InChI is InChI=1S/C8H15F2N/c1-8(2)4-3-6(8)11-5-7(9)10/h6-7,11H,3-5H2,1-2H3. The van der Waals surface area contributed by atoms with Crippen LogP contribution in [0.25, 0.3) is 0 Å². The molecular weight excluding hydrogens is 148 g/mol. The maximum Gasteiger partial charge on any atom is 0.250 e. The summed E-state index contributed by atoms with van der Waals surface area (Å²) >= 11 is 0. The Kier molecular flexibility index (Phi) is 2.47. The molecule has 1 saturated carbocycles. The summed E-state index contributed by atoms with van der Waals surface area (Å²) in [6.45, 7) is 4.06. The summed E-state index contributed by atoms with van der Waals surface area (Å²) in [4.78, 5) is 0. The number of halogens is 2. The van der Waals surface area contributed by atoms with Gasteiger partial charge < -0.3 is 5.32 Å². The summed E-state index contributed by atoms with van der Waals surface area (Å²) in [6, 6.07) is 0.302. The van der Waals surface area contributed by atoms with Crippen molar-refractivity contribution in [1.82, 2.24) is 5.32 Å². The van der Waals surface area contributed by atoms with Crippen LogP contribution >= 0.6 is 0 Å². The molecule has 0 radical (unpaired) electrons. The zero-order chi connectivity index (χ0) is 8.48. The van der Waals surface area contributed by atoms with E-state index >= 15 is 0 Å². The fraction of sp³-hybridized carbons (Fsp3) is 1.00. The molecule has 1 unspecified atom stereocenters. The summed E-state index contributed by atoms with van der Waals surface area (Å²) in [7, 11) is 0. The van der Waals surface area contributed by atoms with Crippen LogP contribution in [0.5, 0.6) is 0 Å². The molecule has 0 aliphatic heterocycles. The van der Waals surface area contributed by atoms with Gasteiger partial charge in [-0.15, -0.1) is 0 Å². The molecule has 0 saturated heterocycles. The fourth-order valence-electron chi connectivity index (χ4n) is 1.48. The van der Waals surface area contributed by atoms with Gasteiger partial charge in [-0.2, -0.15) is 0 Å². The minimum Gasteiger partial charge on any atom is -0.308 e. The van der Waals surface area contributed by atoms with Crippen molar-refractivity contribution < 1.29 is 8.78 Å². The highest BCUT2D eigenvalue weighted by atomic mass is 19.3. The Bertz CT molecular complexity index is 134. The first-order valence-electron chi connectivity index (χ1n) is 4.04. The van der Waals surface area contributed by atoms with Crippen LogP contribution in [0.4, 0.5) is 8.78 Å². The maximum atomic E-state index is 11.7. The second-order valence-electron chi connectivity index (χ2n) is 3.88. The Morgan fingerprint density at radius 2 is 2.18 bits per heavy atom. The lowest BCUT2D eigenvalue weighted by molar-refractivity contribution is 0.0775. The Labute approximate surface area is 66.2 Å². The third-order valence-corrected chi connectivity index (χ3v) is 2.54. The molecule has 1 aliphatic carbocycles. The highest BCUT2D eigenvalue weighted by Crippen LogP contribution is 2.39. The zero-order valence-electron chi connectivity index (χ0n) is 7.03. The van der Waals surface area contributed by atoms with Crippen molar-refractivity contribution in [3.8, 4) is 0 Å². The van der Waals surface area contributed by atoms with E-state index in [4.69, 9.17) is 0 Å². The molecule has 0 bridgehead atoms. The first-order valence-corrected chi connectivity index (χ1v) is 4.04. The topological polar surface area (TPSA) is 12.0 Å². The highest BCUT2D eigenvalue weighted by molar-refractivity contribution is 4.93. The van der Waals surface area contributed by atoms with E-state index in [0.29, 0.717) is 6.04 Å². The second kappa shape index (κ2) is 3.05. The van der Waals surface area contributed by atoms with Crippen molar-refractivity contribution >= 4 is 0 Å². The summed E-state index contributed by atoms with van der Waals surface area (Å²) in [6.07, 6.45) is -0.0282. The molecule has 66 valence electrons. The average Bonchev–Trinajstić information content (AvgIpc) is 1.85. The van der Waals surface area contributed by atoms with E-state index < -0.39 is 6.43 Å². The van der Waals surface area contributed by atoms with Crippen LogP contribution in [0.2, 0.25) is 0 Å². The predicted octanol–water partition coefficient (Wildman–Crippen LogP) is 2.03. The van der Waals surface area contributed by atoms with Gasteiger partial charge in [0.15, 0.2) is 0 Å². The Balaban J connectivity index is 2.18. The molecule has 0 aromatic rings. The van der Waals surface area contributed by atoms with Gasteiger partial charge in [-0.25, -0.2) is 8.78 Å². The third-order valence-electron chi connectivity index (χ3n) is 2.54. The van der Waals surface area contributed by atoms with Gasteiger partial charge in [0.2, 0.25) is 0 Å². The predicted molar refractivity (Wildman–Crippen MR) is 40.8 cm³/mol. The smallest absolute Gasteiger partial charge is 0.250 e. The van der Waals surface area contributed by atoms with Crippen LogP contribution < -0.4 is 5.32 Å². The van der Waals surface area contributed by atoms with Crippen molar-refractivity contribution in [3.05, 3.63) is 0 Å². The average molecular weight is 163 g/mol. The quantitative estimate of drug-likeness (QED) is 0.671. The van der Waals surface area contributed by atoms with Crippen LogP contribution in [0.1, 0.15) is 26.7 Å². The SMILES string of the molecule is CC1(C)CCC1NCC(F)F. The number of hydrogen-bond acceptors (Lipinski definition) is 1. The van der Waals surface area contributed by atoms with Crippen LogP contribution in [-0.4, -0.2) is 19.0 Å². The monoisotopic (exact) mass is 163 g/mol. The molecule has 0 aromatic carbocycles. The van der Waals surface area contributed by atoms with Crippen molar-refractivity contribution in [2.45, 2.75) is 39.2 Å². The zero-order valence-corrected chi connectivity index (χ0v) is 7.03. The van der Waals surface area contributed by atoms with Crippen LogP contribution in [0.15, 0.2) is 0 Å². The molecule has 1 N–H and O–H groups in total. The van der Waals surface area contributed by atoms with Gasteiger partial charge in [-0.05, 0) is 18.3 Å². The highest BCUT2D eigenvalue weighted by Gasteiger charge is 2.37. The van der Waals surface area contributed by atoms with E-state index in [1.54, 1.807) is 0 Å². The van der Waals surface area contributed by atoms with Gasteiger partial charge in [0, 0.05) is 6.04 Å². The molecule has 1 nitrogen and oxygen atoms in total. The molecule has 3 heteroatoms. The first kappa shape index (κ1) is 8.91. The molecule has 1 aliphatic rings. The molecule has 0 spiro atoms. The molecule has 0 aromatic heterocycles. The molecule has 1 atom stereocenters. The van der Waals surface area contributed by atoms with Gasteiger partial charge >= 0.3 is 0 Å². The summed E-state index contributed by atoms with van der Waals surface area (Å²) in [5.74, 6) is 0. The molecule has 0 heterocycles. The Morgan fingerprint density at radius 3 is 2.45 bits per heavy atom. The van der Waals surface area contributed by atoms with Gasteiger partial charge in [0.1, 0.15) is 0 Å². The molecule has 0 amide bonds. The van der Waals surface area contributed by atoms with Gasteiger partial charge in [-0.1, -0.05) is 13.8 Å². The lowest BCUT2D eigenvalue weighted by atomic mass is 9.67. The number of hydrogen-bond donors (Lipinski definition) is 1. The molecular formula is C8H15F2N. The fourth-order valence-corrected chi connectivity index (χ4v) is 1.48. The minimum absolute atomic E-state index is 0.159. The Morgan fingerprint density at radius 1 is 1.55 bits per heavy atom. The summed E-state index contributed by atoms with van der Waals surface area (Å²) in [5.41, 5.74) is 0.231. The third kappa shape index (κ3) is 2.12. The molecule has 11 heavy (non-hydrogen) atoms. The number of nitrogens with one attached hydrogen (secondary N) is 1. The lowest BCUT2D eigenvalue weighted by Crippen LogP contribution is -2.51.